The predicted molar refractivity (Wildman–Crippen MR) is 77.6 cm³/mol. The lowest BCUT2D eigenvalue weighted by Crippen LogP contribution is -2.03. The Morgan fingerprint density at radius 3 is 2.76 bits per heavy atom. The summed E-state index contributed by atoms with van der Waals surface area (Å²) in [5.41, 5.74) is 2.16. The van der Waals surface area contributed by atoms with E-state index in [1.165, 1.54) is 25.3 Å². The lowest BCUT2D eigenvalue weighted by atomic mass is 10.0. The molecule has 1 aliphatic heterocycles. The Kier molecular flexibility index (Phi) is 3.10. The number of nitrogens with one attached hydrogen (secondary N) is 1. The molecule has 0 saturated heterocycles. The summed E-state index contributed by atoms with van der Waals surface area (Å²) in [5.74, 6) is -0.358. The van der Waals surface area contributed by atoms with Crippen LogP contribution in [0.1, 0.15) is 11.1 Å². The molecule has 3 rings (SSSR count). The lowest BCUT2D eigenvalue weighted by molar-refractivity contribution is -0.110. The highest BCUT2D eigenvalue weighted by atomic mass is 19.1. The third-order valence-electron chi connectivity index (χ3n) is 3.28. The second-order valence-electron chi connectivity index (χ2n) is 4.63. The number of methoxy groups -OCH3 is 1. The third-order valence-corrected chi connectivity index (χ3v) is 3.28. The van der Waals surface area contributed by atoms with Gasteiger partial charge in [0.15, 0.2) is 11.5 Å². The fraction of sp³-hybridized carbons (Fsp3) is 0.0625. The molecule has 0 saturated carbocycles. The van der Waals surface area contributed by atoms with E-state index in [4.69, 9.17) is 4.74 Å². The summed E-state index contributed by atoms with van der Waals surface area (Å²) in [6, 6.07) is 8.97. The number of hydrogen-bond acceptors (Lipinski definition) is 3. The SMILES string of the molecule is COc1ccc(/C=C2/C(=O)Nc3cc(F)ccc32)cc1O. The van der Waals surface area contributed by atoms with E-state index in [-0.39, 0.29) is 11.7 Å². The van der Waals surface area contributed by atoms with Crippen LogP contribution in [0.2, 0.25) is 0 Å². The molecular weight excluding hydrogens is 273 g/mol. The molecule has 106 valence electrons. The van der Waals surface area contributed by atoms with E-state index in [0.717, 1.165) is 0 Å². The number of anilines is 1. The Balaban J connectivity index is 2.04. The monoisotopic (exact) mass is 285 g/mol. The second kappa shape index (κ2) is 4.94. The lowest BCUT2D eigenvalue weighted by Gasteiger charge is -2.04. The van der Waals surface area contributed by atoms with Crippen molar-refractivity contribution >= 4 is 23.2 Å². The van der Waals surface area contributed by atoms with Gasteiger partial charge in [0.25, 0.3) is 5.91 Å². The highest BCUT2D eigenvalue weighted by molar-refractivity contribution is 6.34. The smallest absolute Gasteiger partial charge is 0.256 e. The summed E-state index contributed by atoms with van der Waals surface area (Å²) in [6.45, 7) is 0. The Hall–Kier alpha value is -2.82. The summed E-state index contributed by atoms with van der Waals surface area (Å²) in [6.07, 6.45) is 1.64. The summed E-state index contributed by atoms with van der Waals surface area (Å²) < 4.78 is 18.1. The molecule has 0 unspecified atom stereocenters. The molecule has 2 N–H and O–H groups in total. The highest BCUT2D eigenvalue weighted by Gasteiger charge is 2.24. The molecule has 0 aliphatic carbocycles. The number of rotatable bonds is 2. The molecule has 0 radical (unpaired) electrons. The van der Waals surface area contributed by atoms with Crippen LogP contribution in [-0.4, -0.2) is 18.1 Å². The van der Waals surface area contributed by atoms with E-state index < -0.39 is 5.82 Å². The van der Waals surface area contributed by atoms with Gasteiger partial charge in [-0.05, 0) is 42.0 Å². The molecule has 0 bridgehead atoms. The Bertz CT molecular complexity index is 768. The molecule has 5 heteroatoms. The average Bonchev–Trinajstić information content (AvgIpc) is 2.74. The number of carbonyl (C=O) groups is 1. The number of phenolic OH excluding ortho intramolecular Hbond substituents is 1. The van der Waals surface area contributed by atoms with E-state index in [9.17, 15) is 14.3 Å². The molecule has 1 aliphatic rings. The van der Waals surface area contributed by atoms with Crippen LogP contribution < -0.4 is 10.1 Å². The highest BCUT2D eigenvalue weighted by Crippen LogP contribution is 2.34. The van der Waals surface area contributed by atoms with Gasteiger partial charge < -0.3 is 15.2 Å². The maximum atomic E-state index is 13.2. The number of aromatic hydroxyl groups is 1. The number of halogens is 1. The van der Waals surface area contributed by atoms with Crippen molar-refractivity contribution in [1.82, 2.24) is 0 Å². The number of fused-ring (bicyclic) bond motifs is 1. The van der Waals surface area contributed by atoms with Crippen LogP contribution in [0.3, 0.4) is 0 Å². The quantitative estimate of drug-likeness (QED) is 0.834. The minimum absolute atomic E-state index is 0.00964. The largest absolute Gasteiger partial charge is 0.504 e. The molecule has 2 aromatic rings. The molecule has 1 heterocycles. The fourth-order valence-corrected chi connectivity index (χ4v) is 2.27. The average molecular weight is 285 g/mol. The van der Waals surface area contributed by atoms with Crippen molar-refractivity contribution < 1.29 is 19.0 Å². The van der Waals surface area contributed by atoms with Gasteiger partial charge in [-0.3, -0.25) is 4.79 Å². The van der Waals surface area contributed by atoms with Gasteiger partial charge in [-0.15, -0.1) is 0 Å². The van der Waals surface area contributed by atoms with E-state index in [2.05, 4.69) is 5.32 Å². The zero-order chi connectivity index (χ0) is 15.0. The van der Waals surface area contributed by atoms with Crippen LogP contribution in [0.5, 0.6) is 11.5 Å². The first-order valence-corrected chi connectivity index (χ1v) is 6.28. The van der Waals surface area contributed by atoms with Crippen molar-refractivity contribution in [2.24, 2.45) is 0 Å². The topological polar surface area (TPSA) is 58.6 Å². The van der Waals surface area contributed by atoms with Crippen molar-refractivity contribution in [2.45, 2.75) is 0 Å². The minimum atomic E-state index is -0.405. The Labute approximate surface area is 120 Å². The van der Waals surface area contributed by atoms with E-state index >= 15 is 0 Å². The molecule has 0 spiro atoms. The van der Waals surface area contributed by atoms with Crippen molar-refractivity contribution in [2.75, 3.05) is 12.4 Å². The second-order valence-corrected chi connectivity index (χ2v) is 4.63. The van der Waals surface area contributed by atoms with Gasteiger partial charge in [0, 0.05) is 11.1 Å². The van der Waals surface area contributed by atoms with Gasteiger partial charge in [0.05, 0.1) is 12.8 Å². The standard InChI is InChI=1S/C16H12FNO3/c1-21-15-5-2-9(7-14(15)19)6-12-11-4-3-10(17)8-13(11)18-16(12)20/h2-8,19H,1H3,(H,18,20)/b12-6+. The number of phenols is 1. The zero-order valence-electron chi connectivity index (χ0n) is 11.2. The Morgan fingerprint density at radius 2 is 2.05 bits per heavy atom. The maximum Gasteiger partial charge on any atom is 0.256 e. The van der Waals surface area contributed by atoms with Gasteiger partial charge in [0.1, 0.15) is 5.82 Å². The molecule has 0 aromatic heterocycles. The first-order chi connectivity index (χ1) is 10.1. The number of ether oxygens (including phenoxy) is 1. The zero-order valence-corrected chi connectivity index (χ0v) is 11.2. The molecule has 4 nitrogen and oxygen atoms in total. The van der Waals surface area contributed by atoms with Crippen LogP contribution in [-0.2, 0) is 4.79 Å². The normalized spacial score (nSPS) is 15.0. The van der Waals surface area contributed by atoms with E-state index in [1.54, 1.807) is 24.3 Å². The van der Waals surface area contributed by atoms with Gasteiger partial charge >= 0.3 is 0 Å². The van der Waals surface area contributed by atoms with E-state index in [0.29, 0.717) is 28.1 Å². The van der Waals surface area contributed by atoms with Crippen molar-refractivity contribution in [1.29, 1.82) is 0 Å². The number of amides is 1. The van der Waals surface area contributed by atoms with Crippen LogP contribution in [0.4, 0.5) is 10.1 Å². The number of hydrogen-bond donors (Lipinski definition) is 2. The number of benzene rings is 2. The van der Waals surface area contributed by atoms with Crippen molar-refractivity contribution in [3.8, 4) is 11.5 Å². The summed E-state index contributed by atoms with van der Waals surface area (Å²) in [7, 11) is 1.46. The van der Waals surface area contributed by atoms with E-state index in [1.807, 2.05) is 0 Å². The molecule has 0 atom stereocenters. The molecule has 21 heavy (non-hydrogen) atoms. The van der Waals surface area contributed by atoms with Crippen LogP contribution in [0.15, 0.2) is 36.4 Å². The Morgan fingerprint density at radius 1 is 1.24 bits per heavy atom. The third kappa shape index (κ3) is 2.33. The van der Waals surface area contributed by atoms with Crippen LogP contribution in [0, 0.1) is 5.82 Å². The molecule has 1 amide bonds. The van der Waals surface area contributed by atoms with Crippen molar-refractivity contribution in [3.63, 3.8) is 0 Å². The predicted octanol–water partition coefficient (Wildman–Crippen LogP) is 3.03. The molecular formula is C16H12FNO3. The number of carbonyl (C=O) groups excluding carboxylic acids is 1. The summed E-state index contributed by atoms with van der Waals surface area (Å²) >= 11 is 0. The summed E-state index contributed by atoms with van der Waals surface area (Å²) in [4.78, 5) is 12.0. The maximum absolute atomic E-state index is 13.2. The first kappa shape index (κ1) is 13.2. The first-order valence-electron chi connectivity index (χ1n) is 6.28. The van der Waals surface area contributed by atoms with Crippen molar-refractivity contribution in [3.05, 3.63) is 53.3 Å². The van der Waals surface area contributed by atoms with Crippen LogP contribution in [0.25, 0.3) is 11.6 Å². The molecule has 0 fully saturated rings. The summed E-state index contributed by atoms with van der Waals surface area (Å²) in [5, 5.41) is 12.4. The van der Waals surface area contributed by atoms with Gasteiger partial charge in [-0.25, -0.2) is 4.39 Å². The van der Waals surface area contributed by atoms with Gasteiger partial charge in [-0.2, -0.15) is 0 Å². The molecule has 2 aromatic carbocycles. The van der Waals surface area contributed by atoms with Crippen LogP contribution >= 0.6 is 0 Å². The van der Waals surface area contributed by atoms with Gasteiger partial charge in [0.2, 0.25) is 0 Å². The fourth-order valence-electron chi connectivity index (χ4n) is 2.27. The van der Waals surface area contributed by atoms with Gasteiger partial charge in [-0.1, -0.05) is 6.07 Å². The minimum Gasteiger partial charge on any atom is -0.504 e.